The van der Waals surface area contributed by atoms with E-state index in [0.29, 0.717) is 31.2 Å². The van der Waals surface area contributed by atoms with Gasteiger partial charge < -0.3 is 15.7 Å². The second kappa shape index (κ2) is 5.38. The number of carboxylic acid groups (broad SMARTS) is 1. The second-order valence-corrected chi connectivity index (χ2v) is 5.30. The zero-order valence-corrected chi connectivity index (χ0v) is 10.7. The molecule has 0 saturated heterocycles. The van der Waals surface area contributed by atoms with Gasteiger partial charge in [0.15, 0.2) is 0 Å². The monoisotopic (exact) mass is 242 g/mol. The van der Waals surface area contributed by atoms with Crippen molar-refractivity contribution in [2.75, 3.05) is 6.54 Å². The van der Waals surface area contributed by atoms with Gasteiger partial charge in [0, 0.05) is 6.54 Å². The van der Waals surface area contributed by atoms with Crippen molar-refractivity contribution in [1.29, 1.82) is 0 Å². The van der Waals surface area contributed by atoms with Crippen molar-refractivity contribution in [2.24, 2.45) is 11.8 Å². The van der Waals surface area contributed by atoms with Gasteiger partial charge in [0.2, 0.25) is 0 Å². The third kappa shape index (κ3) is 3.35. The summed E-state index contributed by atoms with van der Waals surface area (Å²) >= 11 is 0. The summed E-state index contributed by atoms with van der Waals surface area (Å²) in [7, 11) is 0. The molecule has 1 fully saturated rings. The average molecular weight is 242 g/mol. The Labute approximate surface area is 102 Å². The van der Waals surface area contributed by atoms with Crippen LogP contribution in [0, 0.1) is 11.8 Å². The van der Waals surface area contributed by atoms with Gasteiger partial charge >= 0.3 is 12.0 Å². The Morgan fingerprint density at radius 2 is 1.88 bits per heavy atom. The maximum atomic E-state index is 11.6. The molecule has 0 aromatic carbocycles. The Hall–Kier alpha value is -1.26. The highest BCUT2D eigenvalue weighted by molar-refractivity contribution is 5.87. The summed E-state index contributed by atoms with van der Waals surface area (Å²) in [5, 5.41) is 14.4. The van der Waals surface area contributed by atoms with Crippen LogP contribution in [0.15, 0.2) is 0 Å². The highest BCUT2D eigenvalue weighted by Crippen LogP contribution is 2.31. The molecule has 0 aliphatic heterocycles. The maximum absolute atomic E-state index is 11.6. The predicted molar refractivity (Wildman–Crippen MR) is 64.8 cm³/mol. The predicted octanol–water partition coefficient (Wildman–Crippen LogP) is 1.58. The lowest BCUT2D eigenvalue weighted by molar-refractivity contribution is -0.148. The Bertz CT molecular complexity index is 298. The van der Waals surface area contributed by atoms with Crippen LogP contribution in [0.2, 0.25) is 0 Å². The molecule has 0 aromatic heterocycles. The topological polar surface area (TPSA) is 78.4 Å². The molecule has 1 aliphatic rings. The van der Waals surface area contributed by atoms with Gasteiger partial charge in [-0.15, -0.1) is 0 Å². The molecule has 0 spiro atoms. The SMILES string of the molecule is CC(C)C(C)CNC(=O)NC1(C(=O)O)CCC1. The molecule has 2 amide bonds. The molecule has 1 unspecified atom stereocenters. The molecule has 0 radical (unpaired) electrons. The number of hydrogen-bond acceptors (Lipinski definition) is 2. The minimum Gasteiger partial charge on any atom is -0.480 e. The van der Waals surface area contributed by atoms with E-state index >= 15 is 0 Å². The summed E-state index contributed by atoms with van der Waals surface area (Å²) in [6, 6.07) is -0.375. The first-order valence-corrected chi connectivity index (χ1v) is 6.17. The first-order chi connectivity index (χ1) is 7.87. The molecule has 1 saturated carbocycles. The van der Waals surface area contributed by atoms with E-state index in [1.807, 2.05) is 0 Å². The summed E-state index contributed by atoms with van der Waals surface area (Å²) in [5.74, 6) is -0.0637. The normalized spacial score (nSPS) is 19.3. The molecule has 0 bridgehead atoms. The van der Waals surface area contributed by atoms with Gasteiger partial charge in [-0.3, -0.25) is 0 Å². The molecule has 1 atom stereocenters. The van der Waals surface area contributed by atoms with E-state index in [4.69, 9.17) is 5.11 Å². The van der Waals surface area contributed by atoms with Crippen LogP contribution < -0.4 is 10.6 Å². The number of carbonyl (C=O) groups is 2. The molecule has 0 aromatic rings. The Morgan fingerprint density at radius 1 is 1.29 bits per heavy atom. The molecule has 17 heavy (non-hydrogen) atoms. The lowest BCUT2D eigenvalue weighted by atomic mass is 9.77. The van der Waals surface area contributed by atoms with Gasteiger partial charge in [0.1, 0.15) is 5.54 Å². The van der Waals surface area contributed by atoms with Crippen molar-refractivity contribution in [2.45, 2.75) is 45.6 Å². The fourth-order valence-electron chi connectivity index (χ4n) is 1.67. The van der Waals surface area contributed by atoms with Crippen LogP contribution in [0.25, 0.3) is 0 Å². The Kier molecular flexibility index (Phi) is 4.37. The van der Waals surface area contributed by atoms with E-state index in [1.165, 1.54) is 0 Å². The largest absolute Gasteiger partial charge is 0.480 e. The van der Waals surface area contributed by atoms with Gasteiger partial charge in [-0.05, 0) is 31.1 Å². The Morgan fingerprint density at radius 3 is 2.24 bits per heavy atom. The highest BCUT2D eigenvalue weighted by atomic mass is 16.4. The molecule has 5 nitrogen and oxygen atoms in total. The van der Waals surface area contributed by atoms with Crippen LogP contribution in [0.4, 0.5) is 4.79 Å². The number of hydrogen-bond donors (Lipinski definition) is 3. The van der Waals surface area contributed by atoms with Gasteiger partial charge in [0.05, 0.1) is 0 Å². The summed E-state index contributed by atoms with van der Waals surface area (Å²) in [6.07, 6.45) is 1.90. The summed E-state index contributed by atoms with van der Waals surface area (Å²) in [6.45, 7) is 6.81. The molecule has 1 rings (SSSR count). The van der Waals surface area contributed by atoms with E-state index in [1.54, 1.807) is 0 Å². The van der Waals surface area contributed by atoms with E-state index < -0.39 is 11.5 Å². The fraction of sp³-hybridized carbons (Fsp3) is 0.833. The smallest absolute Gasteiger partial charge is 0.329 e. The van der Waals surface area contributed by atoms with Crippen LogP contribution in [0.5, 0.6) is 0 Å². The quantitative estimate of drug-likeness (QED) is 0.685. The van der Waals surface area contributed by atoms with Crippen LogP contribution in [-0.2, 0) is 4.79 Å². The first kappa shape index (κ1) is 13.8. The molecular formula is C12H22N2O3. The number of urea groups is 1. The van der Waals surface area contributed by atoms with Crippen molar-refractivity contribution in [3.63, 3.8) is 0 Å². The minimum atomic E-state index is -1.02. The number of carbonyl (C=O) groups excluding carboxylic acids is 1. The zero-order valence-electron chi connectivity index (χ0n) is 10.7. The molecule has 1 aliphatic carbocycles. The van der Waals surface area contributed by atoms with Crippen molar-refractivity contribution < 1.29 is 14.7 Å². The second-order valence-electron chi connectivity index (χ2n) is 5.30. The molecule has 5 heteroatoms. The van der Waals surface area contributed by atoms with E-state index in [0.717, 1.165) is 6.42 Å². The number of aliphatic carboxylic acids is 1. The fourth-order valence-corrected chi connectivity index (χ4v) is 1.67. The molecular weight excluding hydrogens is 220 g/mol. The minimum absolute atomic E-state index is 0.375. The number of rotatable bonds is 5. The number of nitrogens with one attached hydrogen (secondary N) is 2. The summed E-state index contributed by atoms with van der Waals surface area (Å²) < 4.78 is 0. The molecule has 0 heterocycles. The first-order valence-electron chi connectivity index (χ1n) is 6.17. The average Bonchev–Trinajstić information content (AvgIpc) is 2.19. The maximum Gasteiger partial charge on any atom is 0.329 e. The van der Waals surface area contributed by atoms with Crippen LogP contribution >= 0.6 is 0 Å². The summed E-state index contributed by atoms with van der Waals surface area (Å²) in [5.41, 5.74) is -1.02. The molecule has 3 N–H and O–H groups in total. The van der Waals surface area contributed by atoms with E-state index in [-0.39, 0.29) is 6.03 Å². The van der Waals surface area contributed by atoms with E-state index in [2.05, 4.69) is 31.4 Å². The zero-order chi connectivity index (χ0) is 13.1. The van der Waals surface area contributed by atoms with Gasteiger partial charge in [-0.2, -0.15) is 0 Å². The van der Waals surface area contributed by atoms with Crippen molar-refractivity contribution >= 4 is 12.0 Å². The van der Waals surface area contributed by atoms with E-state index in [9.17, 15) is 9.59 Å². The highest BCUT2D eigenvalue weighted by Gasteiger charge is 2.45. The lowest BCUT2D eigenvalue weighted by Crippen LogP contribution is -2.61. The number of carboxylic acids is 1. The lowest BCUT2D eigenvalue weighted by Gasteiger charge is -2.38. The summed E-state index contributed by atoms with van der Waals surface area (Å²) in [4.78, 5) is 22.6. The van der Waals surface area contributed by atoms with Gasteiger partial charge in [0.25, 0.3) is 0 Å². The van der Waals surface area contributed by atoms with Crippen LogP contribution in [0.3, 0.4) is 0 Å². The Balaban J connectivity index is 2.37. The van der Waals surface area contributed by atoms with Crippen LogP contribution in [0.1, 0.15) is 40.0 Å². The van der Waals surface area contributed by atoms with Crippen molar-refractivity contribution in [3.05, 3.63) is 0 Å². The van der Waals surface area contributed by atoms with Gasteiger partial charge in [-0.25, -0.2) is 9.59 Å². The van der Waals surface area contributed by atoms with Gasteiger partial charge in [-0.1, -0.05) is 20.8 Å². The van der Waals surface area contributed by atoms with Crippen LogP contribution in [-0.4, -0.2) is 29.2 Å². The third-order valence-electron chi connectivity index (χ3n) is 3.69. The number of amides is 2. The standard InChI is InChI=1S/C12H22N2O3/c1-8(2)9(3)7-13-11(17)14-12(10(15)16)5-4-6-12/h8-9H,4-7H2,1-3H3,(H,15,16)(H2,13,14,17). The molecule has 98 valence electrons. The third-order valence-corrected chi connectivity index (χ3v) is 3.69. The van der Waals surface area contributed by atoms with Crippen molar-refractivity contribution in [1.82, 2.24) is 10.6 Å². The van der Waals surface area contributed by atoms with Crippen molar-refractivity contribution in [3.8, 4) is 0 Å².